The van der Waals surface area contributed by atoms with Crippen LogP contribution in [0.15, 0.2) is 73.1 Å². The predicted molar refractivity (Wildman–Crippen MR) is 102 cm³/mol. The zero-order valence-corrected chi connectivity index (χ0v) is 14.7. The van der Waals surface area contributed by atoms with Gasteiger partial charge in [-0.3, -0.25) is 4.79 Å². The Hall–Kier alpha value is -2.88. The fourth-order valence-corrected chi connectivity index (χ4v) is 3.83. The molecule has 2 aromatic carbocycles. The highest BCUT2D eigenvalue weighted by atomic mass is 16.2. The number of nitrogens with zero attached hydrogens (tertiary/aromatic N) is 2. The summed E-state index contributed by atoms with van der Waals surface area (Å²) in [4.78, 5) is 23.0. The van der Waals surface area contributed by atoms with E-state index in [2.05, 4.69) is 9.97 Å². The Labute approximate surface area is 153 Å². The van der Waals surface area contributed by atoms with E-state index in [1.165, 1.54) is 0 Å². The number of carbonyl (C=O) groups is 1. The van der Waals surface area contributed by atoms with E-state index in [1.807, 2.05) is 71.8 Å². The number of aromatic nitrogens is 2. The summed E-state index contributed by atoms with van der Waals surface area (Å²) in [6.07, 6.45) is 5.58. The maximum Gasteiger partial charge on any atom is 0.234 e. The van der Waals surface area contributed by atoms with Gasteiger partial charge in [-0.1, -0.05) is 60.7 Å². The van der Waals surface area contributed by atoms with E-state index in [4.69, 9.17) is 0 Å². The minimum Gasteiger partial charge on any atom is -0.348 e. The minimum atomic E-state index is -0.238. The van der Waals surface area contributed by atoms with Gasteiger partial charge in [0.15, 0.2) is 0 Å². The quantitative estimate of drug-likeness (QED) is 0.778. The average molecular weight is 345 g/mol. The van der Waals surface area contributed by atoms with Crippen LogP contribution >= 0.6 is 0 Å². The van der Waals surface area contributed by atoms with Crippen molar-refractivity contribution in [3.63, 3.8) is 0 Å². The van der Waals surface area contributed by atoms with Gasteiger partial charge in [-0.25, -0.2) is 4.98 Å². The second-order valence-corrected chi connectivity index (χ2v) is 6.83. The predicted octanol–water partition coefficient (Wildman–Crippen LogP) is 3.95. The van der Waals surface area contributed by atoms with Crippen molar-refractivity contribution in [2.24, 2.45) is 0 Å². The molecule has 3 aromatic rings. The number of H-pyrrole nitrogens is 1. The average Bonchev–Trinajstić information content (AvgIpc) is 3.25. The molecule has 2 heterocycles. The summed E-state index contributed by atoms with van der Waals surface area (Å²) in [5.41, 5.74) is 2.11. The van der Waals surface area contributed by atoms with Crippen LogP contribution < -0.4 is 0 Å². The summed E-state index contributed by atoms with van der Waals surface area (Å²) in [5.74, 6) is 1.42. The first kappa shape index (κ1) is 16.6. The first-order valence-electron chi connectivity index (χ1n) is 9.21. The first-order chi connectivity index (χ1) is 12.8. The molecule has 132 valence electrons. The van der Waals surface area contributed by atoms with Gasteiger partial charge in [0.1, 0.15) is 5.82 Å². The molecule has 0 aliphatic carbocycles. The number of aromatic amines is 1. The van der Waals surface area contributed by atoms with Crippen LogP contribution in [0.2, 0.25) is 0 Å². The summed E-state index contributed by atoms with van der Waals surface area (Å²) in [7, 11) is 0. The number of amides is 1. The number of benzene rings is 2. The highest BCUT2D eigenvalue weighted by Gasteiger charge is 2.31. The van der Waals surface area contributed by atoms with Crippen LogP contribution in [0.25, 0.3) is 0 Å². The lowest BCUT2D eigenvalue weighted by Gasteiger charge is -2.34. The largest absolute Gasteiger partial charge is 0.348 e. The molecule has 1 saturated heterocycles. The van der Waals surface area contributed by atoms with Crippen LogP contribution in [0.1, 0.15) is 41.6 Å². The summed E-state index contributed by atoms with van der Waals surface area (Å²) < 4.78 is 0. The topological polar surface area (TPSA) is 49.0 Å². The standard InChI is InChI=1S/C22H23N3O/c26-22(25-15-11-19(12-16-25)21-23-13-14-24-21)20(17-7-3-1-4-8-17)18-9-5-2-6-10-18/h1-10,13-14,19-20H,11-12,15-16H2,(H,23,24). The van der Waals surface area contributed by atoms with Gasteiger partial charge in [-0.2, -0.15) is 0 Å². The number of nitrogens with one attached hydrogen (secondary N) is 1. The molecule has 4 nitrogen and oxygen atoms in total. The Morgan fingerprint density at radius 2 is 1.54 bits per heavy atom. The first-order valence-corrected chi connectivity index (χ1v) is 9.21. The van der Waals surface area contributed by atoms with Crippen LogP contribution in [-0.4, -0.2) is 33.9 Å². The van der Waals surface area contributed by atoms with Crippen LogP contribution in [-0.2, 0) is 4.79 Å². The number of rotatable bonds is 4. The van der Waals surface area contributed by atoms with Gasteiger partial charge in [-0.05, 0) is 24.0 Å². The number of carbonyl (C=O) groups excluding carboxylic acids is 1. The van der Waals surface area contributed by atoms with Gasteiger partial charge in [0.25, 0.3) is 0 Å². The molecule has 1 aliphatic rings. The molecule has 26 heavy (non-hydrogen) atoms. The van der Waals surface area contributed by atoms with Crippen molar-refractivity contribution < 1.29 is 4.79 Å². The third kappa shape index (κ3) is 3.40. The van der Waals surface area contributed by atoms with E-state index in [9.17, 15) is 4.79 Å². The van der Waals surface area contributed by atoms with Crippen molar-refractivity contribution in [1.82, 2.24) is 14.9 Å². The zero-order valence-electron chi connectivity index (χ0n) is 14.7. The molecule has 1 amide bonds. The molecule has 0 atom stereocenters. The normalized spacial score (nSPS) is 15.3. The molecule has 0 radical (unpaired) electrons. The van der Waals surface area contributed by atoms with Gasteiger partial charge >= 0.3 is 0 Å². The van der Waals surface area contributed by atoms with E-state index in [-0.39, 0.29) is 11.8 Å². The summed E-state index contributed by atoms with van der Waals surface area (Å²) in [5, 5.41) is 0. The Kier molecular flexibility index (Phi) is 4.82. The SMILES string of the molecule is O=C(C(c1ccccc1)c1ccccc1)N1CCC(c2ncc[nH]2)CC1. The molecule has 1 aliphatic heterocycles. The molecule has 1 N–H and O–H groups in total. The van der Waals surface area contributed by atoms with Gasteiger partial charge in [0, 0.05) is 31.4 Å². The molecule has 0 saturated carbocycles. The van der Waals surface area contributed by atoms with Crippen LogP contribution in [0.5, 0.6) is 0 Å². The zero-order chi connectivity index (χ0) is 17.8. The van der Waals surface area contributed by atoms with E-state index in [0.717, 1.165) is 42.9 Å². The lowest BCUT2D eigenvalue weighted by Crippen LogP contribution is -2.41. The van der Waals surface area contributed by atoms with Crippen molar-refractivity contribution >= 4 is 5.91 Å². The molecule has 0 bridgehead atoms. The Morgan fingerprint density at radius 1 is 0.962 bits per heavy atom. The van der Waals surface area contributed by atoms with E-state index in [0.29, 0.717) is 5.92 Å². The van der Waals surface area contributed by atoms with Gasteiger partial charge in [0.05, 0.1) is 5.92 Å². The Morgan fingerprint density at radius 3 is 2.04 bits per heavy atom. The Bertz CT molecular complexity index is 783. The van der Waals surface area contributed by atoms with Crippen molar-refractivity contribution in [3.8, 4) is 0 Å². The van der Waals surface area contributed by atoms with Gasteiger partial charge in [0.2, 0.25) is 5.91 Å². The van der Waals surface area contributed by atoms with Crippen molar-refractivity contribution in [2.75, 3.05) is 13.1 Å². The van der Waals surface area contributed by atoms with Crippen molar-refractivity contribution in [3.05, 3.63) is 90.0 Å². The highest BCUT2D eigenvalue weighted by Crippen LogP contribution is 2.31. The maximum atomic E-state index is 13.4. The third-order valence-electron chi connectivity index (χ3n) is 5.23. The number of imidazole rings is 1. The molecular formula is C22H23N3O. The fourth-order valence-electron chi connectivity index (χ4n) is 3.83. The number of hydrogen-bond donors (Lipinski definition) is 1. The van der Waals surface area contributed by atoms with Gasteiger partial charge in [-0.15, -0.1) is 0 Å². The second kappa shape index (κ2) is 7.56. The molecular weight excluding hydrogens is 322 g/mol. The van der Waals surface area contributed by atoms with Crippen LogP contribution in [0, 0.1) is 0 Å². The minimum absolute atomic E-state index is 0.195. The third-order valence-corrected chi connectivity index (χ3v) is 5.23. The van der Waals surface area contributed by atoms with E-state index in [1.54, 1.807) is 6.20 Å². The summed E-state index contributed by atoms with van der Waals surface area (Å²) >= 11 is 0. The van der Waals surface area contributed by atoms with Crippen LogP contribution in [0.3, 0.4) is 0 Å². The fraction of sp³-hybridized carbons (Fsp3) is 0.273. The van der Waals surface area contributed by atoms with Gasteiger partial charge < -0.3 is 9.88 Å². The molecule has 0 unspecified atom stereocenters. The second-order valence-electron chi connectivity index (χ2n) is 6.83. The number of piperidine rings is 1. The van der Waals surface area contributed by atoms with E-state index < -0.39 is 0 Å². The maximum absolute atomic E-state index is 13.4. The smallest absolute Gasteiger partial charge is 0.234 e. The summed E-state index contributed by atoms with van der Waals surface area (Å²) in [6, 6.07) is 20.2. The molecule has 4 rings (SSSR count). The monoisotopic (exact) mass is 345 g/mol. The molecule has 4 heteroatoms. The Balaban J connectivity index is 1.54. The number of likely N-dealkylation sites (tertiary alicyclic amines) is 1. The highest BCUT2D eigenvalue weighted by molar-refractivity contribution is 5.87. The molecule has 0 spiro atoms. The van der Waals surface area contributed by atoms with E-state index >= 15 is 0 Å². The van der Waals surface area contributed by atoms with Crippen molar-refractivity contribution in [1.29, 1.82) is 0 Å². The molecule has 1 aromatic heterocycles. The van der Waals surface area contributed by atoms with Crippen LogP contribution in [0.4, 0.5) is 0 Å². The lowest BCUT2D eigenvalue weighted by molar-refractivity contribution is -0.132. The molecule has 1 fully saturated rings. The lowest BCUT2D eigenvalue weighted by atomic mass is 9.88. The van der Waals surface area contributed by atoms with Crippen molar-refractivity contribution in [2.45, 2.75) is 24.7 Å². The number of hydrogen-bond acceptors (Lipinski definition) is 2. The summed E-state index contributed by atoms with van der Waals surface area (Å²) in [6.45, 7) is 1.56.